The van der Waals surface area contributed by atoms with E-state index < -0.39 is 5.60 Å². The Kier molecular flexibility index (Phi) is 4.99. The van der Waals surface area contributed by atoms with E-state index in [1.165, 1.54) is 19.3 Å². The molecule has 3 nitrogen and oxygen atoms in total. The van der Waals surface area contributed by atoms with Gasteiger partial charge in [-0.3, -0.25) is 4.99 Å². The molecule has 23 heavy (non-hydrogen) atoms. The van der Waals surface area contributed by atoms with Crippen LogP contribution in [0.15, 0.2) is 4.99 Å². The zero-order chi connectivity index (χ0) is 16.8. The second-order valence-electron chi connectivity index (χ2n) is 8.58. The molecule has 6 unspecified atom stereocenters. The molecular formula is C18H31ClN2OS. The van der Waals surface area contributed by atoms with Crippen molar-refractivity contribution in [1.29, 1.82) is 0 Å². The molecular weight excluding hydrogens is 328 g/mol. The van der Waals surface area contributed by atoms with Gasteiger partial charge in [-0.25, -0.2) is 0 Å². The minimum atomic E-state index is -0.943. The minimum Gasteiger partial charge on any atom is -0.385 e. The fourth-order valence-electron chi connectivity index (χ4n) is 4.86. The molecule has 2 saturated carbocycles. The molecule has 6 atom stereocenters. The Balaban J connectivity index is 1.88. The molecule has 132 valence electrons. The van der Waals surface area contributed by atoms with E-state index in [4.69, 9.17) is 17.3 Å². The summed E-state index contributed by atoms with van der Waals surface area (Å²) in [4.78, 5) is 4.68. The summed E-state index contributed by atoms with van der Waals surface area (Å²) in [6, 6.07) is 0.178. The van der Waals surface area contributed by atoms with Gasteiger partial charge in [-0.15, -0.1) is 11.6 Å². The van der Waals surface area contributed by atoms with E-state index in [9.17, 15) is 5.11 Å². The predicted molar refractivity (Wildman–Crippen MR) is 100 cm³/mol. The first-order chi connectivity index (χ1) is 10.7. The number of aliphatic imine (C=N–C) groups is 1. The Bertz CT molecular complexity index is 478. The molecule has 1 heterocycles. The number of amidine groups is 1. The maximum Gasteiger partial charge on any atom is 0.130 e. The number of nitrogens with zero attached hydrogens (tertiary/aromatic N) is 1. The second-order valence-corrected chi connectivity index (χ2v) is 11.3. The van der Waals surface area contributed by atoms with Crippen molar-refractivity contribution in [1.82, 2.24) is 0 Å². The van der Waals surface area contributed by atoms with Gasteiger partial charge in [0.2, 0.25) is 0 Å². The summed E-state index contributed by atoms with van der Waals surface area (Å²) < 4.78 is 0.197. The first kappa shape index (κ1) is 17.9. The monoisotopic (exact) mass is 358 g/mol. The summed E-state index contributed by atoms with van der Waals surface area (Å²) in [5.41, 5.74) is 5.38. The Hall–Kier alpha value is 0.0700. The molecule has 3 N–H and O–H groups in total. The van der Waals surface area contributed by atoms with Crippen LogP contribution in [0.25, 0.3) is 0 Å². The van der Waals surface area contributed by atoms with E-state index in [0.717, 1.165) is 25.7 Å². The lowest BCUT2D eigenvalue weighted by Crippen LogP contribution is -2.58. The van der Waals surface area contributed by atoms with E-state index in [0.29, 0.717) is 11.1 Å². The number of hydrogen-bond acceptors (Lipinski definition) is 4. The highest BCUT2D eigenvalue weighted by atomic mass is 35.5. The van der Waals surface area contributed by atoms with Gasteiger partial charge in [0.25, 0.3) is 0 Å². The van der Waals surface area contributed by atoms with Gasteiger partial charge in [0.1, 0.15) is 11.4 Å². The normalized spacial score (nSPS) is 44.7. The van der Waals surface area contributed by atoms with E-state index in [1.807, 2.05) is 11.8 Å². The summed E-state index contributed by atoms with van der Waals surface area (Å²) in [5.74, 6) is 0.816. The van der Waals surface area contributed by atoms with E-state index in [1.54, 1.807) is 0 Å². The van der Waals surface area contributed by atoms with Crippen molar-refractivity contribution in [3.63, 3.8) is 0 Å². The summed E-state index contributed by atoms with van der Waals surface area (Å²) in [7, 11) is 0. The van der Waals surface area contributed by atoms with Gasteiger partial charge >= 0.3 is 0 Å². The first-order valence-electron chi connectivity index (χ1n) is 9.10. The summed E-state index contributed by atoms with van der Waals surface area (Å²) in [6.45, 7) is 6.78. The maximum absolute atomic E-state index is 11.7. The standard InChI is InChI=1S/C18H31ClN2OS/c1-17(2,3)23-15-7-5-4-6-12(15)18(22)13-10-11(19)8-9-14(13)21-16(18)20/h11-15,22H,4-10H2,1-3H3,(H2,20,21). The number of hydrogen-bond donors (Lipinski definition) is 2. The number of rotatable bonds is 2. The van der Waals surface area contributed by atoms with Crippen LogP contribution in [0.3, 0.4) is 0 Å². The van der Waals surface area contributed by atoms with Crippen LogP contribution in [-0.2, 0) is 0 Å². The van der Waals surface area contributed by atoms with Gasteiger partial charge in [0.05, 0.1) is 6.04 Å². The van der Waals surface area contributed by atoms with Gasteiger partial charge in [0, 0.05) is 27.2 Å². The first-order valence-corrected chi connectivity index (χ1v) is 10.4. The molecule has 0 amide bonds. The lowest BCUT2D eigenvalue weighted by molar-refractivity contribution is -0.0264. The van der Waals surface area contributed by atoms with Crippen molar-refractivity contribution >= 4 is 29.2 Å². The molecule has 0 bridgehead atoms. The third-order valence-electron chi connectivity index (χ3n) is 5.80. The number of fused-ring (bicyclic) bond motifs is 1. The quantitative estimate of drug-likeness (QED) is 0.734. The van der Waals surface area contributed by atoms with Gasteiger partial charge in [-0.05, 0) is 32.1 Å². The van der Waals surface area contributed by atoms with Crippen molar-refractivity contribution < 1.29 is 5.11 Å². The van der Waals surface area contributed by atoms with Crippen molar-refractivity contribution in [2.24, 2.45) is 22.6 Å². The SMILES string of the molecule is CC(C)(C)SC1CCCCC1C1(O)C(N)=NC2CCC(Cl)CC21. The highest BCUT2D eigenvalue weighted by Gasteiger charge is 2.58. The van der Waals surface area contributed by atoms with E-state index in [2.05, 4.69) is 25.8 Å². The number of thioether (sulfide) groups is 1. The molecule has 0 aromatic rings. The molecule has 5 heteroatoms. The molecule has 0 aromatic carbocycles. The molecule has 0 radical (unpaired) electrons. The van der Waals surface area contributed by atoms with Crippen LogP contribution in [0.1, 0.15) is 65.7 Å². The molecule has 0 saturated heterocycles. The summed E-state index contributed by atoms with van der Waals surface area (Å²) in [6.07, 6.45) is 7.45. The van der Waals surface area contributed by atoms with Gasteiger partial charge in [-0.2, -0.15) is 11.8 Å². The van der Waals surface area contributed by atoms with Crippen LogP contribution in [0.2, 0.25) is 0 Å². The van der Waals surface area contributed by atoms with Crippen LogP contribution >= 0.6 is 23.4 Å². The molecule has 0 aromatic heterocycles. The third kappa shape index (κ3) is 3.41. The van der Waals surface area contributed by atoms with Crippen LogP contribution < -0.4 is 5.73 Å². The largest absolute Gasteiger partial charge is 0.385 e. The van der Waals surface area contributed by atoms with Gasteiger partial charge < -0.3 is 10.8 Å². The van der Waals surface area contributed by atoms with E-state index in [-0.39, 0.29) is 28.0 Å². The summed E-state index contributed by atoms with van der Waals surface area (Å²) >= 11 is 8.44. The average molecular weight is 359 g/mol. The second kappa shape index (κ2) is 6.42. The van der Waals surface area contributed by atoms with Crippen molar-refractivity contribution in [3.05, 3.63) is 0 Å². The molecule has 2 fully saturated rings. The lowest BCUT2D eigenvalue weighted by atomic mass is 9.66. The Morgan fingerprint density at radius 3 is 2.57 bits per heavy atom. The lowest BCUT2D eigenvalue weighted by Gasteiger charge is -2.47. The highest BCUT2D eigenvalue weighted by Crippen LogP contribution is 2.52. The molecule has 3 aliphatic rings. The smallest absolute Gasteiger partial charge is 0.130 e. The van der Waals surface area contributed by atoms with Crippen molar-refractivity contribution in [2.75, 3.05) is 0 Å². The van der Waals surface area contributed by atoms with E-state index >= 15 is 0 Å². The molecule has 3 rings (SSSR count). The maximum atomic E-state index is 11.7. The third-order valence-corrected chi connectivity index (χ3v) is 7.77. The zero-order valence-corrected chi connectivity index (χ0v) is 16.2. The number of aliphatic hydroxyl groups is 1. The summed E-state index contributed by atoms with van der Waals surface area (Å²) in [5, 5.41) is 12.3. The van der Waals surface area contributed by atoms with Crippen LogP contribution in [-0.4, -0.2) is 38.0 Å². The highest BCUT2D eigenvalue weighted by molar-refractivity contribution is 8.01. The average Bonchev–Trinajstić information content (AvgIpc) is 2.71. The van der Waals surface area contributed by atoms with Crippen molar-refractivity contribution in [2.45, 2.75) is 92.7 Å². The molecule has 2 aliphatic carbocycles. The Labute approximate surface area is 149 Å². The number of halogens is 1. The Morgan fingerprint density at radius 2 is 1.87 bits per heavy atom. The van der Waals surface area contributed by atoms with Crippen LogP contribution in [0, 0.1) is 11.8 Å². The van der Waals surface area contributed by atoms with Crippen LogP contribution in [0.4, 0.5) is 0 Å². The topological polar surface area (TPSA) is 58.6 Å². The molecule has 1 aliphatic heterocycles. The zero-order valence-electron chi connectivity index (χ0n) is 14.6. The fourth-order valence-corrected chi connectivity index (χ4v) is 6.88. The molecule has 0 spiro atoms. The number of alkyl halides is 1. The van der Waals surface area contributed by atoms with Crippen LogP contribution in [0.5, 0.6) is 0 Å². The predicted octanol–water partition coefficient (Wildman–Crippen LogP) is 3.95. The minimum absolute atomic E-state index is 0.116. The number of nitrogens with two attached hydrogens (primary N) is 1. The van der Waals surface area contributed by atoms with Crippen molar-refractivity contribution in [3.8, 4) is 0 Å². The van der Waals surface area contributed by atoms with Gasteiger partial charge in [-0.1, -0.05) is 33.6 Å². The Morgan fingerprint density at radius 1 is 1.17 bits per heavy atom. The fraction of sp³-hybridized carbons (Fsp3) is 0.944. The van der Waals surface area contributed by atoms with Gasteiger partial charge in [0.15, 0.2) is 0 Å².